The third-order valence-electron chi connectivity index (χ3n) is 6.21. The van der Waals surface area contributed by atoms with E-state index in [0.717, 1.165) is 16.1 Å². The molecule has 1 amide bonds. The first-order chi connectivity index (χ1) is 19.9. The fraction of sp³-hybridized carbons (Fsp3) is 0.226. The van der Waals surface area contributed by atoms with Crippen molar-refractivity contribution in [2.45, 2.75) is 45.6 Å². The monoisotopic (exact) mass is 640 g/mol. The number of halogens is 3. The number of carbonyl (C=O) groups excluding carboxylic acids is 1. The summed E-state index contributed by atoms with van der Waals surface area (Å²) in [5.41, 5.74) is 2.96. The van der Waals surface area contributed by atoms with E-state index in [-0.39, 0.29) is 11.3 Å². The van der Waals surface area contributed by atoms with Gasteiger partial charge in [-0.15, -0.1) is 11.3 Å². The first-order valence-electron chi connectivity index (χ1n) is 13.1. The average molecular weight is 642 g/mol. The number of benzene rings is 3. The van der Waals surface area contributed by atoms with E-state index in [9.17, 15) is 4.79 Å². The van der Waals surface area contributed by atoms with Crippen molar-refractivity contribution in [2.75, 3.05) is 5.32 Å². The molecule has 0 aliphatic carbocycles. The minimum absolute atomic E-state index is 0.230. The zero-order chi connectivity index (χ0) is 30.0. The van der Waals surface area contributed by atoms with Gasteiger partial charge in [-0.3, -0.25) is 10.1 Å². The van der Waals surface area contributed by atoms with Crippen LogP contribution < -0.4 is 14.8 Å². The third kappa shape index (κ3) is 7.31. The molecule has 0 saturated heterocycles. The van der Waals surface area contributed by atoms with Crippen LogP contribution in [0.3, 0.4) is 0 Å². The molecular formula is C31H27Cl3N4O3S. The lowest BCUT2D eigenvalue weighted by atomic mass is 9.90. The second-order valence-electron chi connectivity index (χ2n) is 10.6. The maximum absolute atomic E-state index is 13.0. The van der Waals surface area contributed by atoms with Crippen molar-refractivity contribution in [3.8, 4) is 17.4 Å². The summed E-state index contributed by atoms with van der Waals surface area (Å²) < 4.78 is 11.7. The largest absolute Gasteiger partial charge is 0.481 e. The standard InChI is InChI=1S/C31H27Cl3N4O3S/c1-17(40-21-8-10-22(11-9-21)41-27-16-35-25-15-20(33)7-12-24(25)36-27)29(39)38-30-37-28(31(2,3)4)26(42-30)13-18-5-6-19(32)14-23(18)34/h5-12,14-17H,13H2,1-4H3,(H,37,38,39)/t17-/m1/s1. The molecular weight excluding hydrogens is 615 g/mol. The van der Waals surface area contributed by atoms with Crippen LogP contribution in [0.2, 0.25) is 15.1 Å². The van der Waals surface area contributed by atoms with E-state index >= 15 is 0 Å². The summed E-state index contributed by atoms with van der Waals surface area (Å²) in [5.74, 6) is 1.10. The van der Waals surface area contributed by atoms with Gasteiger partial charge in [0.05, 0.1) is 22.9 Å². The Balaban J connectivity index is 1.22. The number of thiazole rings is 1. The van der Waals surface area contributed by atoms with Crippen LogP contribution in [0.25, 0.3) is 11.0 Å². The summed E-state index contributed by atoms with van der Waals surface area (Å²) in [6, 6.07) is 17.6. The smallest absolute Gasteiger partial charge is 0.266 e. The zero-order valence-electron chi connectivity index (χ0n) is 23.2. The van der Waals surface area contributed by atoms with E-state index in [4.69, 9.17) is 49.3 Å². The highest BCUT2D eigenvalue weighted by atomic mass is 35.5. The van der Waals surface area contributed by atoms with Crippen molar-refractivity contribution in [2.24, 2.45) is 0 Å². The lowest BCUT2D eigenvalue weighted by Gasteiger charge is -2.18. The molecule has 11 heteroatoms. The highest BCUT2D eigenvalue weighted by molar-refractivity contribution is 7.16. The van der Waals surface area contributed by atoms with E-state index in [2.05, 4.69) is 36.1 Å². The molecule has 5 aromatic rings. The van der Waals surface area contributed by atoms with Gasteiger partial charge in [-0.25, -0.2) is 15.0 Å². The Hall–Kier alpha value is -3.43. The fourth-order valence-corrected chi connectivity index (χ4v) is 5.98. The van der Waals surface area contributed by atoms with Crippen molar-refractivity contribution in [3.05, 3.63) is 98.1 Å². The van der Waals surface area contributed by atoms with Gasteiger partial charge in [-0.05, 0) is 67.1 Å². The van der Waals surface area contributed by atoms with Gasteiger partial charge in [0.1, 0.15) is 11.5 Å². The Morgan fingerprint density at radius 3 is 2.33 bits per heavy atom. The molecule has 216 valence electrons. The van der Waals surface area contributed by atoms with Gasteiger partial charge < -0.3 is 9.47 Å². The van der Waals surface area contributed by atoms with Crippen molar-refractivity contribution in [1.82, 2.24) is 15.0 Å². The van der Waals surface area contributed by atoms with E-state index in [1.165, 1.54) is 17.5 Å². The molecule has 1 atom stereocenters. The molecule has 3 aromatic carbocycles. The van der Waals surface area contributed by atoms with Gasteiger partial charge in [0.25, 0.3) is 5.91 Å². The second kappa shape index (κ2) is 12.4. The van der Waals surface area contributed by atoms with Crippen LogP contribution in [0, 0.1) is 0 Å². The van der Waals surface area contributed by atoms with Crippen molar-refractivity contribution in [3.63, 3.8) is 0 Å². The molecule has 0 bridgehead atoms. The molecule has 2 heterocycles. The van der Waals surface area contributed by atoms with E-state index in [0.29, 0.717) is 55.0 Å². The van der Waals surface area contributed by atoms with Crippen molar-refractivity contribution < 1.29 is 14.3 Å². The number of rotatable bonds is 8. The van der Waals surface area contributed by atoms with Crippen LogP contribution in [-0.4, -0.2) is 27.0 Å². The molecule has 1 N–H and O–H groups in total. The number of ether oxygens (including phenoxy) is 2. The van der Waals surface area contributed by atoms with E-state index in [1.807, 2.05) is 12.1 Å². The zero-order valence-corrected chi connectivity index (χ0v) is 26.3. The minimum atomic E-state index is -0.772. The average Bonchev–Trinajstić information content (AvgIpc) is 3.34. The molecule has 7 nitrogen and oxygen atoms in total. The molecule has 42 heavy (non-hydrogen) atoms. The molecule has 2 aromatic heterocycles. The molecule has 0 spiro atoms. The molecule has 0 fully saturated rings. The maximum atomic E-state index is 13.0. The van der Waals surface area contributed by atoms with Crippen LogP contribution in [0.5, 0.6) is 17.4 Å². The first-order valence-corrected chi connectivity index (χ1v) is 15.0. The Morgan fingerprint density at radius 1 is 0.929 bits per heavy atom. The molecule has 0 unspecified atom stereocenters. The predicted molar refractivity (Wildman–Crippen MR) is 170 cm³/mol. The topological polar surface area (TPSA) is 86.2 Å². The van der Waals surface area contributed by atoms with E-state index in [1.54, 1.807) is 55.5 Å². The Labute approximate surface area is 262 Å². The number of fused-ring (bicyclic) bond motifs is 1. The van der Waals surface area contributed by atoms with Gasteiger partial charge >= 0.3 is 0 Å². The Kier molecular flexibility index (Phi) is 8.89. The van der Waals surface area contributed by atoms with E-state index < -0.39 is 6.10 Å². The third-order valence-corrected chi connectivity index (χ3v) is 8.01. The SMILES string of the molecule is C[C@@H](Oc1ccc(Oc2cnc3cc(Cl)ccc3n2)cc1)C(=O)Nc1nc(C(C)(C)C)c(Cc2ccc(Cl)cc2Cl)s1. The highest BCUT2D eigenvalue weighted by Crippen LogP contribution is 2.35. The number of anilines is 1. The van der Waals surface area contributed by atoms with Gasteiger partial charge in [-0.1, -0.05) is 61.6 Å². The number of amides is 1. The van der Waals surface area contributed by atoms with Crippen LogP contribution in [0.4, 0.5) is 5.13 Å². The number of carbonyl (C=O) groups is 1. The number of hydrogen-bond acceptors (Lipinski definition) is 7. The van der Waals surface area contributed by atoms with Gasteiger partial charge in [0.2, 0.25) is 5.88 Å². The lowest BCUT2D eigenvalue weighted by Crippen LogP contribution is -2.30. The Morgan fingerprint density at radius 2 is 1.62 bits per heavy atom. The summed E-state index contributed by atoms with van der Waals surface area (Å²) in [7, 11) is 0. The minimum Gasteiger partial charge on any atom is -0.481 e. The summed E-state index contributed by atoms with van der Waals surface area (Å²) in [6.45, 7) is 7.94. The molecule has 0 aliphatic rings. The van der Waals surface area contributed by atoms with Crippen LogP contribution in [0.1, 0.15) is 43.8 Å². The van der Waals surface area contributed by atoms with Crippen LogP contribution in [-0.2, 0) is 16.6 Å². The van der Waals surface area contributed by atoms with Gasteiger partial charge in [0, 0.05) is 31.8 Å². The fourth-order valence-electron chi connectivity index (χ4n) is 4.14. The molecule has 5 rings (SSSR count). The molecule has 0 aliphatic heterocycles. The quantitative estimate of drug-likeness (QED) is 0.182. The van der Waals surface area contributed by atoms with Crippen molar-refractivity contribution >= 4 is 68.2 Å². The number of nitrogens with zero attached hydrogens (tertiary/aromatic N) is 3. The summed E-state index contributed by atoms with van der Waals surface area (Å²) >= 11 is 19.9. The Bertz CT molecular complexity index is 1750. The number of aromatic nitrogens is 3. The predicted octanol–water partition coefficient (Wildman–Crippen LogP) is 9.13. The molecule has 0 saturated carbocycles. The summed E-state index contributed by atoms with van der Waals surface area (Å²) in [5, 5.41) is 5.18. The van der Waals surface area contributed by atoms with Gasteiger partial charge in [-0.2, -0.15) is 0 Å². The summed E-state index contributed by atoms with van der Waals surface area (Å²) in [6.07, 6.45) is 1.34. The molecule has 0 radical (unpaired) electrons. The highest BCUT2D eigenvalue weighted by Gasteiger charge is 2.25. The summed E-state index contributed by atoms with van der Waals surface area (Å²) in [4.78, 5) is 27.6. The second-order valence-corrected chi connectivity index (χ2v) is 13.0. The maximum Gasteiger partial charge on any atom is 0.266 e. The van der Waals surface area contributed by atoms with Crippen LogP contribution >= 0.6 is 46.1 Å². The van der Waals surface area contributed by atoms with Crippen molar-refractivity contribution in [1.29, 1.82) is 0 Å². The van der Waals surface area contributed by atoms with Crippen LogP contribution in [0.15, 0.2) is 66.9 Å². The van der Waals surface area contributed by atoms with Gasteiger partial charge in [0.15, 0.2) is 11.2 Å². The number of hydrogen-bond donors (Lipinski definition) is 1. The number of nitrogens with one attached hydrogen (secondary N) is 1. The normalized spacial score (nSPS) is 12.3. The first kappa shape index (κ1) is 30.0. The lowest BCUT2D eigenvalue weighted by molar-refractivity contribution is -0.122.